The van der Waals surface area contributed by atoms with Crippen LogP contribution in [0.3, 0.4) is 0 Å². The molecule has 0 saturated heterocycles. The molecule has 0 bridgehead atoms. The van der Waals surface area contributed by atoms with Gasteiger partial charge in [-0.05, 0) is 24.4 Å². The van der Waals surface area contributed by atoms with Gasteiger partial charge < -0.3 is 10.1 Å². The van der Waals surface area contributed by atoms with Crippen molar-refractivity contribution in [2.45, 2.75) is 13.0 Å². The molecular weight excluding hydrogens is 146 g/mol. The first kappa shape index (κ1) is 7.28. The Bertz CT molecular complexity index is 195. The van der Waals surface area contributed by atoms with Crippen molar-refractivity contribution >= 4 is 22.6 Å². The van der Waals surface area contributed by atoms with Gasteiger partial charge in [0, 0.05) is 0 Å². The molecule has 0 spiro atoms. The Balaban J connectivity index is 2.47. The highest BCUT2D eigenvalue weighted by atomic mass is 32.1. The van der Waals surface area contributed by atoms with E-state index in [9.17, 15) is 4.79 Å². The summed E-state index contributed by atoms with van der Waals surface area (Å²) in [7, 11) is 0. The number of anilines is 1. The second-order valence-corrected chi connectivity index (χ2v) is 2.99. The lowest BCUT2D eigenvalue weighted by Crippen LogP contribution is -2.14. The summed E-state index contributed by atoms with van der Waals surface area (Å²) in [6, 6.07) is 3.81. The van der Waals surface area contributed by atoms with E-state index in [0.717, 1.165) is 11.3 Å². The summed E-state index contributed by atoms with van der Waals surface area (Å²) < 4.78 is 0. The Kier molecular flexibility index (Phi) is 2.45. The number of hydrogen-bond acceptors (Lipinski definition) is 3. The van der Waals surface area contributed by atoms with Crippen LogP contribution in [-0.2, 0) is 4.79 Å². The van der Waals surface area contributed by atoms with E-state index in [4.69, 9.17) is 0 Å². The molecule has 0 aromatic carbocycles. The number of rotatable bonds is 3. The van der Waals surface area contributed by atoms with Crippen molar-refractivity contribution in [1.82, 2.24) is 0 Å². The number of thiophene rings is 1. The number of aldehydes is 1. The van der Waals surface area contributed by atoms with Crippen LogP contribution in [-0.4, -0.2) is 12.3 Å². The first-order chi connectivity index (χ1) is 4.83. The van der Waals surface area contributed by atoms with Crippen LogP contribution in [0.15, 0.2) is 17.5 Å². The molecule has 0 aliphatic heterocycles. The molecule has 54 valence electrons. The van der Waals surface area contributed by atoms with E-state index in [0.29, 0.717) is 0 Å². The van der Waals surface area contributed by atoms with Crippen molar-refractivity contribution in [2.75, 3.05) is 5.32 Å². The third-order valence-electron chi connectivity index (χ3n) is 1.10. The van der Waals surface area contributed by atoms with Crippen molar-refractivity contribution in [3.63, 3.8) is 0 Å². The molecule has 1 heterocycles. The number of carbonyl (C=O) groups is 1. The minimum Gasteiger partial charge on any atom is -0.368 e. The Morgan fingerprint density at radius 2 is 2.60 bits per heavy atom. The summed E-state index contributed by atoms with van der Waals surface area (Å²) in [6.45, 7) is 1.83. The van der Waals surface area contributed by atoms with E-state index in [2.05, 4.69) is 5.32 Å². The van der Waals surface area contributed by atoms with Crippen LogP contribution in [0.5, 0.6) is 0 Å². The predicted molar refractivity (Wildman–Crippen MR) is 43.5 cm³/mol. The van der Waals surface area contributed by atoms with Gasteiger partial charge in [0.05, 0.1) is 11.0 Å². The highest BCUT2D eigenvalue weighted by Gasteiger charge is 1.97. The Morgan fingerprint density at radius 1 is 1.80 bits per heavy atom. The normalized spacial score (nSPS) is 12.5. The van der Waals surface area contributed by atoms with Crippen LogP contribution < -0.4 is 5.32 Å². The first-order valence-corrected chi connectivity index (χ1v) is 3.96. The lowest BCUT2D eigenvalue weighted by atomic mass is 10.4. The van der Waals surface area contributed by atoms with Crippen LogP contribution in [0.1, 0.15) is 6.92 Å². The molecule has 0 amide bonds. The van der Waals surface area contributed by atoms with E-state index < -0.39 is 0 Å². The molecule has 1 atom stereocenters. The van der Waals surface area contributed by atoms with Crippen molar-refractivity contribution in [2.24, 2.45) is 0 Å². The summed E-state index contributed by atoms with van der Waals surface area (Å²) in [5, 5.41) is 6.04. The van der Waals surface area contributed by atoms with Crippen molar-refractivity contribution in [3.8, 4) is 0 Å². The topological polar surface area (TPSA) is 29.1 Å². The van der Waals surface area contributed by atoms with Gasteiger partial charge in [0.25, 0.3) is 0 Å². The van der Waals surface area contributed by atoms with Gasteiger partial charge in [-0.2, -0.15) is 0 Å². The lowest BCUT2D eigenvalue weighted by Gasteiger charge is -2.03. The Morgan fingerprint density at radius 3 is 3.10 bits per heavy atom. The lowest BCUT2D eigenvalue weighted by molar-refractivity contribution is -0.108. The maximum atomic E-state index is 10.2. The molecule has 0 saturated carbocycles. The quantitative estimate of drug-likeness (QED) is 0.674. The minimum absolute atomic E-state index is 0.0846. The minimum atomic E-state index is -0.0846. The average Bonchev–Trinajstić information content (AvgIpc) is 2.40. The summed E-state index contributed by atoms with van der Waals surface area (Å²) in [5.41, 5.74) is 0. The third kappa shape index (κ3) is 1.84. The molecule has 1 aromatic heterocycles. The fraction of sp³-hybridized carbons (Fsp3) is 0.286. The van der Waals surface area contributed by atoms with Crippen molar-refractivity contribution < 1.29 is 4.79 Å². The molecule has 1 aromatic rings. The number of carbonyl (C=O) groups excluding carboxylic acids is 1. The molecule has 2 nitrogen and oxygen atoms in total. The second kappa shape index (κ2) is 3.37. The average molecular weight is 155 g/mol. The van der Waals surface area contributed by atoms with Gasteiger partial charge in [-0.3, -0.25) is 0 Å². The standard InChI is InChI=1S/C7H9NOS/c1-6(5-9)8-7-3-2-4-10-7/h2-6,8H,1H3/t6-/m0/s1. The van der Waals surface area contributed by atoms with Crippen molar-refractivity contribution in [1.29, 1.82) is 0 Å². The fourth-order valence-corrected chi connectivity index (χ4v) is 1.33. The van der Waals surface area contributed by atoms with E-state index in [1.807, 2.05) is 24.4 Å². The molecule has 0 aliphatic rings. The molecule has 1 N–H and O–H groups in total. The van der Waals surface area contributed by atoms with Crippen LogP contribution in [0.4, 0.5) is 5.00 Å². The number of hydrogen-bond donors (Lipinski definition) is 1. The monoisotopic (exact) mass is 155 g/mol. The van der Waals surface area contributed by atoms with E-state index in [1.165, 1.54) is 0 Å². The van der Waals surface area contributed by atoms with Gasteiger partial charge in [0.1, 0.15) is 6.29 Å². The van der Waals surface area contributed by atoms with Gasteiger partial charge in [0.2, 0.25) is 0 Å². The van der Waals surface area contributed by atoms with Crippen molar-refractivity contribution in [3.05, 3.63) is 17.5 Å². The van der Waals surface area contributed by atoms with Crippen LogP contribution in [0, 0.1) is 0 Å². The highest BCUT2D eigenvalue weighted by molar-refractivity contribution is 7.14. The molecule has 0 unspecified atom stereocenters. The highest BCUT2D eigenvalue weighted by Crippen LogP contribution is 2.15. The molecule has 0 radical (unpaired) electrons. The molecule has 0 aliphatic carbocycles. The van der Waals surface area contributed by atoms with Gasteiger partial charge in [-0.1, -0.05) is 0 Å². The zero-order chi connectivity index (χ0) is 7.40. The maximum Gasteiger partial charge on any atom is 0.141 e. The summed E-state index contributed by atoms with van der Waals surface area (Å²) in [5.74, 6) is 0. The SMILES string of the molecule is C[C@@H](C=O)Nc1cccs1. The summed E-state index contributed by atoms with van der Waals surface area (Å²) in [4.78, 5) is 10.2. The van der Waals surface area contributed by atoms with Crippen LogP contribution in [0.2, 0.25) is 0 Å². The summed E-state index contributed by atoms with van der Waals surface area (Å²) >= 11 is 1.60. The van der Waals surface area contributed by atoms with Gasteiger partial charge in [-0.15, -0.1) is 11.3 Å². The number of nitrogens with one attached hydrogen (secondary N) is 1. The van der Waals surface area contributed by atoms with Gasteiger partial charge >= 0.3 is 0 Å². The molecule has 3 heteroatoms. The molecule has 1 rings (SSSR count). The van der Waals surface area contributed by atoms with Gasteiger partial charge in [-0.25, -0.2) is 0 Å². The molecule has 0 fully saturated rings. The van der Waals surface area contributed by atoms with E-state index in [1.54, 1.807) is 11.3 Å². The predicted octanol–water partition coefficient (Wildman–Crippen LogP) is 1.75. The zero-order valence-electron chi connectivity index (χ0n) is 5.70. The van der Waals surface area contributed by atoms with E-state index >= 15 is 0 Å². The van der Waals surface area contributed by atoms with Crippen LogP contribution >= 0.6 is 11.3 Å². The summed E-state index contributed by atoms with van der Waals surface area (Å²) in [6.07, 6.45) is 0.889. The maximum absolute atomic E-state index is 10.2. The van der Waals surface area contributed by atoms with Crippen LogP contribution in [0.25, 0.3) is 0 Å². The molecule has 10 heavy (non-hydrogen) atoms. The fourth-order valence-electron chi connectivity index (χ4n) is 0.619. The zero-order valence-corrected chi connectivity index (χ0v) is 6.52. The molecular formula is C7H9NOS. The largest absolute Gasteiger partial charge is 0.368 e. The second-order valence-electron chi connectivity index (χ2n) is 2.05. The third-order valence-corrected chi connectivity index (χ3v) is 1.90. The Labute approximate surface area is 63.9 Å². The first-order valence-electron chi connectivity index (χ1n) is 3.08. The van der Waals surface area contributed by atoms with Gasteiger partial charge in [0.15, 0.2) is 0 Å². The van der Waals surface area contributed by atoms with E-state index in [-0.39, 0.29) is 6.04 Å². The Hall–Kier alpha value is -0.830. The smallest absolute Gasteiger partial charge is 0.141 e.